The topological polar surface area (TPSA) is 44.8 Å². The smallest absolute Gasteiger partial charge is 0.352 e. The van der Waals surface area contributed by atoms with Crippen molar-refractivity contribution in [1.82, 2.24) is 0 Å². The lowest BCUT2D eigenvalue weighted by Gasteiger charge is -2.57. The molecule has 0 N–H and O–H groups in total. The number of methoxy groups -OCH3 is 1. The lowest BCUT2D eigenvalue weighted by Crippen LogP contribution is -2.49. The average Bonchev–Trinajstić information content (AvgIpc) is 2.86. The molecule has 0 heterocycles. The molecule has 0 saturated heterocycles. The predicted molar refractivity (Wildman–Crippen MR) is 136 cm³/mol. The van der Waals surface area contributed by atoms with Gasteiger partial charge in [0.1, 0.15) is 6.11 Å². The fraction of sp³-hybridized carbons (Fsp3) is 0.516. The predicted octanol–water partition coefficient (Wildman–Crippen LogP) is 5.92. The Morgan fingerprint density at radius 3 is 2.34 bits per heavy atom. The van der Waals surface area contributed by atoms with E-state index in [0.717, 1.165) is 42.8 Å². The molecule has 2 aromatic carbocycles. The summed E-state index contributed by atoms with van der Waals surface area (Å²) in [5.74, 6) is 5.34. The van der Waals surface area contributed by atoms with Gasteiger partial charge in [-0.3, -0.25) is 0 Å². The molecule has 6 rings (SSSR count). The van der Waals surface area contributed by atoms with Crippen molar-refractivity contribution in [1.29, 1.82) is 0 Å². The maximum atomic E-state index is 12.3. The highest BCUT2D eigenvalue weighted by Gasteiger charge is 2.52. The lowest BCUT2D eigenvalue weighted by atomic mass is 9.47. The molecule has 2 aromatic rings. The maximum Gasteiger partial charge on any atom is 0.352 e. The van der Waals surface area contributed by atoms with Gasteiger partial charge in [-0.05, 0) is 116 Å². The molecule has 184 valence electrons. The first kappa shape index (κ1) is 24.1. The first-order valence-electron chi connectivity index (χ1n) is 13.1. The molecule has 4 saturated carbocycles. The van der Waals surface area contributed by atoms with E-state index in [1.807, 2.05) is 18.2 Å². The fourth-order valence-corrected chi connectivity index (χ4v) is 7.18. The van der Waals surface area contributed by atoms with Crippen molar-refractivity contribution >= 4 is 5.97 Å². The minimum atomic E-state index is -0.412. The van der Waals surface area contributed by atoms with E-state index in [2.05, 4.69) is 30.2 Å². The number of hydrogen-bond acceptors (Lipinski definition) is 4. The third kappa shape index (κ3) is 5.63. The van der Waals surface area contributed by atoms with Gasteiger partial charge < -0.3 is 14.2 Å². The zero-order valence-electron chi connectivity index (χ0n) is 20.8. The van der Waals surface area contributed by atoms with E-state index < -0.39 is 5.97 Å². The summed E-state index contributed by atoms with van der Waals surface area (Å²) < 4.78 is 16.0. The first-order valence-corrected chi connectivity index (χ1v) is 13.1. The molecule has 0 aliphatic heterocycles. The highest BCUT2D eigenvalue weighted by atomic mass is 16.5. The summed E-state index contributed by atoms with van der Waals surface area (Å²) in [7, 11) is 1.70. The third-order valence-electron chi connectivity index (χ3n) is 8.23. The largest absolute Gasteiger partial charge is 0.382 e. The number of rotatable bonds is 9. The molecule has 0 amide bonds. The SMILES string of the molecule is COCCOCCCc1ccc(C#COC(=O)c2ccccc2)cc1C12CC3CC(CC(C3)C1)C2. The average molecular weight is 473 g/mol. The monoisotopic (exact) mass is 472 g/mol. The molecule has 4 fully saturated rings. The van der Waals surface area contributed by atoms with Crippen molar-refractivity contribution in [3.8, 4) is 12.0 Å². The van der Waals surface area contributed by atoms with Gasteiger partial charge in [0.2, 0.25) is 0 Å². The number of aryl methyl sites for hydroxylation is 1. The number of ether oxygens (including phenoxy) is 3. The van der Waals surface area contributed by atoms with Gasteiger partial charge in [0.05, 0.1) is 18.8 Å². The summed E-state index contributed by atoms with van der Waals surface area (Å²) in [6.07, 6.45) is 12.9. The Balaban J connectivity index is 1.34. The summed E-state index contributed by atoms with van der Waals surface area (Å²) in [5.41, 5.74) is 4.67. The first-order chi connectivity index (χ1) is 17.1. The van der Waals surface area contributed by atoms with Gasteiger partial charge >= 0.3 is 5.97 Å². The van der Waals surface area contributed by atoms with Crippen LogP contribution < -0.4 is 0 Å². The Morgan fingerprint density at radius 1 is 0.943 bits per heavy atom. The highest BCUT2D eigenvalue weighted by Crippen LogP contribution is 2.61. The summed E-state index contributed by atoms with van der Waals surface area (Å²) in [6, 6.07) is 15.6. The Hall–Kier alpha value is -2.61. The number of carbonyl (C=O) groups is 1. The summed E-state index contributed by atoms with van der Waals surface area (Å²) in [6.45, 7) is 2.04. The van der Waals surface area contributed by atoms with Gasteiger partial charge in [-0.25, -0.2) is 4.79 Å². The molecule has 4 heteroatoms. The van der Waals surface area contributed by atoms with E-state index in [-0.39, 0.29) is 0 Å². The lowest BCUT2D eigenvalue weighted by molar-refractivity contribution is -0.00565. The normalized spacial score (nSPS) is 26.3. The number of benzene rings is 2. The van der Waals surface area contributed by atoms with E-state index >= 15 is 0 Å². The highest BCUT2D eigenvalue weighted by molar-refractivity contribution is 5.90. The molecule has 0 unspecified atom stereocenters. The Labute approximate surface area is 209 Å². The van der Waals surface area contributed by atoms with Crippen molar-refractivity contribution in [3.63, 3.8) is 0 Å². The fourth-order valence-electron chi connectivity index (χ4n) is 7.18. The van der Waals surface area contributed by atoms with Gasteiger partial charge in [-0.2, -0.15) is 0 Å². The van der Waals surface area contributed by atoms with Gasteiger partial charge in [0, 0.05) is 19.3 Å². The van der Waals surface area contributed by atoms with Crippen LogP contribution in [0.5, 0.6) is 0 Å². The van der Waals surface area contributed by atoms with E-state index in [0.29, 0.717) is 24.2 Å². The van der Waals surface area contributed by atoms with Gasteiger partial charge in [0.15, 0.2) is 0 Å². The minimum Gasteiger partial charge on any atom is -0.382 e. The van der Waals surface area contributed by atoms with E-state index in [1.165, 1.54) is 49.7 Å². The maximum absolute atomic E-state index is 12.3. The van der Waals surface area contributed by atoms with E-state index in [4.69, 9.17) is 14.2 Å². The summed E-state index contributed by atoms with van der Waals surface area (Å²) in [5, 5.41) is 0. The Kier molecular flexibility index (Phi) is 7.56. The van der Waals surface area contributed by atoms with Crippen LogP contribution in [-0.2, 0) is 26.0 Å². The summed E-state index contributed by atoms with van der Waals surface area (Å²) in [4.78, 5) is 12.3. The Morgan fingerprint density at radius 2 is 1.66 bits per heavy atom. The molecule has 0 atom stereocenters. The van der Waals surface area contributed by atoms with Gasteiger partial charge in [-0.1, -0.05) is 24.3 Å². The van der Waals surface area contributed by atoms with Gasteiger partial charge in [-0.15, -0.1) is 0 Å². The summed E-state index contributed by atoms with van der Waals surface area (Å²) >= 11 is 0. The van der Waals surface area contributed by atoms with Crippen LogP contribution in [0.25, 0.3) is 0 Å². The number of esters is 1. The molecule has 4 nitrogen and oxygen atoms in total. The molecular weight excluding hydrogens is 436 g/mol. The third-order valence-corrected chi connectivity index (χ3v) is 8.23. The van der Waals surface area contributed by atoms with Crippen molar-refractivity contribution in [2.24, 2.45) is 17.8 Å². The van der Waals surface area contributed by atoms with Crippen molar-refractivity contribution in [2.75, 3.05) is 26.9 Å². The van der Waals surface area contributed by atoms with Crippen LogP contribution in [0.3, 0.4) is 0 Å². The van der Waals surface area contributed by atoms with Crippen LogP contribution in [0.2, 0.25) is 0 Å². The van der Waals surface area contributed by atoms with Crippen LogP contribution in [0.15, 0.2) is 48.5 Å². The Bertz CT molecular complexity index is 1040. The van der Waals surface area contributed by atoms with Crippen LogP contribution >= 0.6 is 0 Å². The second-order valence-electron chi connectivity index (χ2n) is 10.8. The number of hydrogen-bond donors (Lipinski definition) is 0. The quantitative estimate of drug-likeness (QED) is 0.258. The molecule has 0 spiro atoms. The van der Waals surface area contributed by atoms with Crippen LogP contribution in [0.1, 0.15) is 72.0 Å². The van der Waals surface area contributed by atoms with Crippen molar-refractivity contribution in [3.05, 3.63) is 70.8 Å². The zero-order chi connectivity index (χ0) is 24.1. The van der Waals surface area contributed by atoms with E-state index in [1.54, 1.807) is 19.2 Å². The molecule has 0 radical (unpaired) electrons. The molecule has 4 aliphatic carbocycles. The van der Waals surface area contributed by atoms with Crippen LogP contribution in [-0.4, -0.2) is 32.9 Å². The molecule has 4 bridgehead atoms. The molecular formula is C31H36O4. The molecule has 0 aromatic heterocycles. The van der Waals surface area contributed by atoms with Crippen molar-refractivity contribution in [2.45, 2.75) is 56.8 Å². The second kappa shape index (κ2) is 11.0. The zero-order valence-corrected chi connectivity index (χ0v) is 20.8. The van der Waals surface area contributed by atoms with Crippen molar-refractivity contribution < 1.29 is 19.0 Å². The van der Waals surface area contributed by atoms with Crippen LogP contribution in [0.4, 0.5) is 0 Å². The number of carbonyl (C=O) groups excluding carboxylic acids is 1. The standard InChI is InChI=1S/C31H36O4/c1-33-14-15-34-12-5-8-27-10-9-23(11-13-35-30(32)28-6-3-2-4-7-28)19-29(27)31-20-24-16-25(21-31)18-26(17-24)22-31/h2-4,6-7,9-10,19,24-26H,5,8,12,14-18,20-22H2,1H3. The van der Waals surface area contributed by atoms with Crippen LogP contribution in [0, 0.1) is 29.8 Å². The molecule has 35 heavy (non-hydrogen) atoms. The van der Waals surface area contributed by atoms with Gasteiger partial charge in [0.25, 0.3) is 0 Å². The molecule has 4 aliphatic rings. The van der Waals surface area contributed by atoms with E-state index in [9.17, 15) is 4.79 Å². The minimum absolute atomic E-state index is 0.291. The second-order valence-corrected chi connectivity index (χ2v) is 10.8.